The van der Waals surface area contributed by atoms with Crippen molar-refractivity contribution in [1.29, 1.82) is 0 Å². The Balaban J connectivity index is 1.55. The van der Waals surface area contributed by atoms with E-state index in [2.05, 4.69) is 10.6 Å². The fourth-order valence-corrected chi connectivity index (χ4v) is 3.44. The Morgan fingerprint density at radius 1 is 1.38 bits per heavy atom. The number of carbonyl (C=O) groups is 1. The molecule has 3 unspecified atom stereocenters. The number of amides is 1. The van der Waals surface area contributed by atoms with Gasteiger partial charge < -0.3 is 15.7 Å². The van der Waals surface area contributed by atoms with Crippen LogP contribution in [-0.2, 0) is 11.3 Å². The van der Waals surface area contributed by atoms with E-state index in [0.29, 0.717) is 19.5 Å². The number of hydrogen-bond donors (Lipinski definition) is 3. The number of benzene rings is 1. The third-order valence-corrected chi connectivity index (χ3v) is 4.72. The van der Waals surface area contributed by atoms with Gasteiger partial charge in [0.1, 0.15) is 11.6 Å². The molecule has 2 fully saturated rings. The van der Waals surface area contributed by atoms with Crippen molar-refractivity contribution in [2.24, 2.45) is 0 Å². The van der Waals surface area contributed by atoms with E-state index in [1.807, 2.05) is 4.90 Å². The summed E-state index contributed by atoms with van der Waals surface area (Å²) in [5, 5.41) is 15.5. The maximum Gasteiger partial charge on any atom is 0.237 e. The molecule has 0 aromatic heterocycles. The van der Waals surface area contributed by atoms with Crippen LogP contribution < -0.4 is 10.6 Å². The first-order chi connectivity index (χ1) is 11.5. The number of halogens is 2. The molecule has 24 heavy (non-hydrogen) atoms. The van der Waals surface area contributed by atoms with Crippen LogP contribution in [0, 0.1) is 11.6 Å². The van der Waals surface area contributed by atoms with Gasteiger partial charge in [0.2, 0.25) is 5.91 Å². The van der Waals surface area contributed by atoms with Gasteiger partial charge in [-0.25, -0.2) is 8.78 Å². The number of nitrogens with one attached hydrogen (secondary N) is 2. The van der Waals surface area contributed by atoms with Gasteiger partial charge in [0, 0.05) is 31.2 Å². The molecular weight excluding hydrogens is 316 g/mol. The lowest BCUT2D eigenvalue weighted by Gasteiger charge is -2.33. The second kappa shape index (κ2) is 7.55. The van der Waals surface area contributed by atoms with Gasteiger partial charge in [-0.1, -0.05) is 6.07 Å². The maximum atomic E-state index is 13.8. The standard InChI is InChI=1S/C17H23F2N3O2/c18-14-4-1-5-15(19)13(14)10-22-6-2-3-11(9-22)21-17(24)16-7-12(23)8-20-16/h1,4-5,11-12,16,20,23H,2-3,6-10H2,(H,21,24). The van der Waals surface area contributed by atoms with Crippen molar-refractivity contribution < 1.29 is 18.7 Å². The Morgan fingerprint density at radius 3 is 2.79 bits per heavy atom. The maximum absolute atomic E-state index is 13.8. The first-order valence-electron chi connectivity index (χ1n) is 8.40. The largest absolute Gasteiger partial charge is 0.392 e. The Kier molecular flexibility index (Phi) is 5.43. The summed E-state index contributed by atoms with van der Waals surface area (Å²) in [5.41, 5.74) is 0.0741. The molecule has 0 aliphatic carbocycles. The summed E-state index contributed by atoms with van der Waals surface area (Å²) in [5.74, 6) is -1.19. The molecule has 3 N–H and O–H groups in total. The molecule has 0 bridgehead atoms. The van der Waals surface area contributed by atoms with E-state index >= 15 is 0 Å². The second-order valence-corrected chi connectivity index (χ2v) is 6.63. The molecule has 2 aliphatic heterocycles. The molecule has 1 amide bonds. The van der Waals surface area contributed by atoms with E-state index in [0.717, 1.165) is 19.4 Å². The SMILES string of the molecule is O=C(NC1CCCN(Cc2c(F)cccc2F)C1)C1CC(O)CN1. The number of hydrogen-bond acceptors (Lipinski definition) is 4. The van der Waals surface area contributed by atoms with Gasteiger partial charge in [-0.15, -0.1) is 0 Å². The minimum Gasteiger partial charge on any atom is -0.392 e. The van der Waals surface area contributed by atoms with Crippen LogP contribution in [-0.4, -0.2) is 53.7 Å². The summed E-state index contributed by atoms with van der Waals surface area (Å²) in [7, 11) is 0. The van der Waals surface area contributed by atoms with Gasteiger partial charge in [0.25, 0.3) is 0 Å². The van der Waals surface area contributed by atoms with Crippen molar-refractivity contribution in [2.75, 3.05) is 19.6 Å². The third-order valence-electron chi connectivity index (χ3n) is 4.72. The number of aliphatic hydroxyl groups is 1. The van der Waals surface area contributed by atoms with Gasteiger partial charge >= 0.3 is 0 Å². The van der Waals surface area contributed by atoms with Crippen LogP contribution in [0.3, 0.4) is 0 Å². The fraction of sp³-hybridized carbons (Fsp3) is 0.588. The van der Waals surface area contributed by atoms with E-state index < -0.39 is 17.7 Å². The van der Waals surface area contributed by atoms with Crippen molar-refractivity contribution in [1.82, 2.24) is 15.5 Å². The van der Waals surface area contributed by atoms with Crippen molar-refractivity contribution in [3.05, 3.63) is 35.4 Å². The fourth-order valence-electron chi connectivity index (χ4n) is 3.44. The molecule has 2 saturated heterocycles. The van der Waals surface area contributed by atoms with E-state index in [1.165, 1.54) is 18.2 Å². The summed E-state index contributed by atoms with van der Waals surface area (Å²) >= 11 is 0. The molecule has 1 aromatic rings. The van der Waals surface area contributed by atoms with Crippen LogP contribution in [0.4, 0.5) is 8.78 Å². The zero-order chi connectivity index (χ0) is 17.1. The quantitative estimate of drug-likeness (QED) is 0.758. The lowest BCUT2D eigenvalue weighted by Crippen LogP contribution is -2.51. The van der Waals surface area contributed by atoms with Crippen LogP contribution in [0.5, 0.6) is 0 Å². The third kappa shape index (κ3) is 4.09. The van der Waals surface area contributed by atoms with Gasteiger partial charge in [0.15, 0.2) is 0 Å². The molecule has 2 aliphatic rings. The number of carbonyl (C=O) groups excluding carboxylic acids is 1. The smallest absolute Gasteiger partial charge is 0.237 e. The number of piperidine rings is 1. The molecule has 3 rings (SSSR count). The van der Waals surface area contributed by atoms with E-state index in [9.17, 15) is 18.7 Å². The molecule has 2 heterocycles. The van der Waals surface area contributed by atoms with Crippen LogP contribution in [0.15, 0.2) is 18.2 Å². The topological polar surface area (TPSA) is 64.6 Å². The summed E-state index contributed by atoms with van der Waals surface area (Å²) < 4.78 is 27.6. The number of aliphatic hydroxyl groups excluding tert-OH is 1. The van der Waals surface area contributed by atoms with E-state index in [-0.39, 0.29) is 30.1 Å². The lowest BCUT2D eigenvalue weighted by molar-refractivity contribution is -0.124. The van der Waals surface area contributed by atoms with Gasteiger partial charge in [0.05, 0.1) is 12.1 Å². The van der Waals surface area contributed by atoms with Gasteiger partial charge in [-0.2, -0.15) is 0 Å². The van der Waals surface area contributed by atoms with Crippen LogP contribution >= 0.6 is 0 Å². The zero-order valence-corrected chi connectivity index (χ0v) is 13.5. The van der Waals surface area contributed by atoms with Gasteiger partial charge in [-0.3, -0.25) is 9.69 Å². The molecule has 0 saturated carbocycles. The average molecular weight is 339 g/mol. The Morgan fingerprint density at radius 2 is 2.12 bits per heavy atom. The molecule has 0 radical (unpaired) electrons. The average Bonchev–Trinajstić information content (AvgIpc) is 2.98. The Labute approximate surface area is 140 Å². The van der Waals surface area contributed by atoms with Crippen molar-refractivity contribution in [3.63, 3.8) is 0 Å². The molecule has 5 nitrogen and oxygen atoms in total. The first-order valence-corrected chi connectivity index (χ1v) is 8.40. The minimum absolute atomic E-state index is 0.0411. The highest BCUT2D eigenvalue weighted by molar-refractivity contribution is 5.82. The molecule has 3 atom stereocenters. The molecule has 132 valence electrons. The first kappa shape index (κ1) is 17.3. The van der Waals surface area contributed by atoms with E-state index in [4.69, 9.17) is 0 Å². The highest BCUT2D eigenvalue weighted by Crippen LogP contribution is 2.18. The number of nitrogens with zero attached hydrogens (tertiary/aromatic N) is 1. The summed E-state index contributed by atoms with van der Waals surface area (Å²) in [6.45, 7) is 1.95. The van der Waals surface area contributed by atoms with Crippen molar-refractivity contribution >= 4 is 5.91 Å². The highest BCUT2D eigenvalue weighted by Gasteiger charge is 2.30. The van der Waals surface area contributed by atoms with Crippen molar-refractivity contribution in [2.45, 2.75) is 44.0 Å². The number of β-amino-alcohol motifs (C(OH)–C–C–N with tert-alkyl or cyclic N) is 1. The zero-order valence-electron chi connectivity index (χ0n) is 13.5. The molecule has 0 spiro atoms. The minimum atomic E-state index is -0.537. The summed E-state index contributed by atoms with van der Waals surface area (Å²) in [4.78, 5) is 14.2. The molecule has 1 aromatic carbocycles. The second-order valence-electron chi connectivity index (χ2n) is 6.63. The Hall–Kier alpha value is -1.57. The summed E-state index contributed by atoms with van der Waals surface area (Å²) in [6.07, 6.45) is 1.65. The number of likely N-dealkylation sites (tertiary alicyclic amines) is 1. The highest BCUT2D eigenvalue weighted by atomic mass is 19.1. The molecule has 7 heteroatoms. The van der Waals surface area contributed by atoms with Gasteiger partial charge in [-0.05, 0) is 37.9 Å². The normalized spacial score (nSPS) is 28.0. The lowest BCUT2D eigenvalue weighted by atomic mass is 10.0. The molecular formula is C17H23F2N3O2. The predicted molar refractivity (Wildman–Crippen MR) is 85.2 cm³/mol. The monoisotopic (exact) mass is 339 g/mol. The number of rotatable bonds is 4. The van der Waals surface area contributed by atoms with Crippen molar-refractivity contribution in [3.8, 4) is 0 Å². The van der Waals surface area contributed by atoms with Crippen LogP contribution in [0.25, 0.3) is 0 Å². The van der Waals surface area contributed by atoms with Crippen LogP contribution in [0.2, 0.25) is 0 Å². The predicted octanol–water partition coefficient (Wildman–Crippen LogP) is 0.768. The van der Waals surface area contributed by atoms with Crippen LogP contribution in [0.1, 0.15) is 24.8 Å². The van der Waals surface area contributed by atoms with E-state index in [1.54, 1.807) is 0 Å². The summed E-state index contributed by atoms with van der Waals surface area (Å²) in [6, 6.07) is 3.48. The Bertz CT molecular complexity index is 579.